The molecule has 0 saturated heterocycles. The van der Waals surface area contributed by atoms with E-state index < -0.39 is 5.97 Å². The molecule has 0 heterocycles. The number of carbonyl (C=O) groups is 2. The van der Waals surface area contributed by atoms with Crippen LogP contribution >= 0.6 is 0 Å². The molecule has 70 valence electrons. The van der Waals surface area contributed by atoms with Crippen LogP contribution in [0.1, 0.15) is 40.0 Å². The molecule has 0 rings (SSSR count). The summed E-state index contributed by atoms with van der Waals surface area (Å²) in [6.45, 7) is 5.17. The van der Waals surface area contributed by atoms with Crippen LogP contribution in [0.15, 0.2) is 0 Å². The molecule has 12 heavy (non-hydrogen) atoms. The summed E-state index contributed by atoms with van der Waals surface area (Å²) in [5, 5.41) is 0. The van der Waals surface area contributed by atoms with Gasteiger partial charge in [-0.25, -0.2) is 0 Å². The molecule has 0 aliphatic heterocycles. The first-order valence-corrected chi connectivity index (χ1v) is 4.34. The second-order valence-electron chi connectivity index (χ2n) is 2.81. The van der Waals surface area contributed by atoms with Crippen molar-refractivity contribution in [1.82, 2.24) is 0 Å². The molecule has 0 fully saturated rings. The van der Waals surface area contributed by atoms with Gasteiger partial charge in [-0.3, -0.25) is 9.59 Å². The van der Waals surface area contributed by atoms with Gasteiger partial charge in [0.25, 0.3) is 0 Å². The highest BCUT2D eigenvalue weighted by Crippen LogP contribution is 2.12. The molecule has 0 amide bonds. The molecule has 0 aromatic rings. The highest BCUT2D eigenvalue weighted by molar-refractivity contribution is 5.85. The molecular weight excluding hydrogens is 156 g/mol. The largest absolute Gasteiger partial charge is 0.393 e. The van der Waals surface area contributed by atoms with Gasteiger partial charge >= 0.3 is 11.9 Å². The molecule has 1 unspecified atom stereocenters. The van der Waals surface area contributed by atoms with Crippen LogP contribution in [-0.4, -0.2) is 11.9 Å². The second-order valence-corrected chi connectivity index (χ2v) is 2.81. The van der Waals surface area contributed by atoms with Crippen molar-refractivity contribution in [3.05, 3.63) is 0 Å². The van der Waals surface area contributed by atoms with E-state index in [1.165, 1.54) is 6.92 Å². The Labute approximate surface area is 73.1 Å². The van der Waals surface area contributed by atoms with Crippen LogP contribution in [0.3, 0.4) is 0 Å². The van der Waals surface area contributed by atoms with Crippen molar-refractivity contribution in [2.24, 2.45) is 5.92 Å². The van der Waals surface area contributed by atoms with E-state index >= 15 is 0 Å². The summed E-state index contributed by atoms with van der Waals surface area (Å²) in [6, 6.07) is 0. The third-order valence-corrected chi connectivity index (χ3v) is 1.71. The lowest BCUT2D eigenvalue weighted by molar-refractivity contribution is -0.161. The summed E-state index contributed by atoms with van der Waals surface area (Å²) in [5.74, 6) is -1.01. The fraction of sp³-hybridized carbons (Fsp3) is 0.778. The molecule has 1 atom stereocenters. The summed E-state index contributed by atoms with van der Waals surface area (Å²) >= 11 is 0. The molecule has 3 heteroatoms. The van der Waals surface area contributed by atoms with Crippen LogP contribution in [0.25, 0.3) is 0 Å². The lowest BCUT2D eigenvalue weighted by Crippen LogP contribution is -2.19. The zero-order valence-electron chi connectivity index (χ0n) is 7.92. The Morgan fingerprint density at radius 1 is 1.33 bits per heavy atom. The van der Waals surface area contributed by atoms with Gasteiger partial charge < -0.3 is 4.74 Å². The van der Waals surface area contributed by atoms with Gasteiger partial charge in [0.2, 0.25) is 0 Å². The third kappa shape index (κ3) is 4.11. The van der Waals surface area contributed by atoms with E-state index in [-0.39, 0.29) is 11.9 Å². The minimum Gasteiger partial charge on any atom is -0.393 e. The van der Waals surface area contributed by atoms with E-state index in [0.29, 0.717) is 0 Å². The number of esters is 2. The van der Waals surface area contributed by atoms with Crippen molar-refractivity contribution in [3.63, 3.8) is 0 Å². The summed E-state index contributed by atoms with van der Waals surface area (Å²) in [5.41, 5.74) is 0. The molecular formula is C9H16O3. The SMILES string of the molecule is CCCC(CC)C(=O)OC(C)=O. The van der Waals surface area contributed by atoms with Gasteiger partial charge in [-0.15, -0.1) is 0 Å². The average Bonchev–Trinajstić information content (AvgIpc) is 1.98. The number of ether oxygens (including phenoxy) is 1. The second kappa shape index (κ2) is 5.75. The van der Waals surface area contributed by atoms with E-state index in [1.807, 2.05) is 13.8 Å². The summed E-state index contributed by atoms with van der Waals surface area (Å²) < 4.78 is 4.48. The van der Waals surface area contributed by atoms with Crippen molar-refractivity contribution < 1.29 is 14.3 Å². The van der Waals surface area contributed by atoms with Crippen molar-refractivity contribution in [1.29, 1.82) is 0 Å². The number of hydrogen-bond acceptors (Lipinski definition) is 3. The van der Waals surface area contributed by atoms with Crippen molar-refractivity contribution >= 4 is 11.9 Å². The van der Waals surface area contributed by atoms with Crippen LogP contribution in [0.2, 0.25) is 0 Å². The topological polar surface area (TPSA) is 43.4 Å². The Hall–Kier alpha value is -0.860. The minimum atomic E-state index is -0.519. The Balaban J connectivity index is 3.93. The van der Waals surface area contributed by atoms with Gasteiger partial charge in [0.05, 0.1) is 5.92 Å². The first-order valence-electron chi connectivity index (χ1n) is 4.34. The monoisotopic (exact) mass is 172 g/mol. The van der Waals surface area contributed by atoms with E-state index in [2.05, 4.69) is 4.74 Å². The standard InChI is InChI=1S/C9H16O3/c1-4-6-8(5-2)9(11)12-7(3)10/h8H,4-6H2,1-3H3. The van der Waals surface area contributed by atoms with E-state index in [1.54, 1.807) is 0 Å². The molecule has 0 saturated carbocycles. The Bertz CT molecular complexity index is 163. The van der Waals surface area contributed by atoms with Gasteiger partial charge in [-0.2, -0.15) is 0 Å². The zero-order valence-corrected chi connectivity index (χ0v) is 7.92. The summed E-state index contributed by atoms with van der Waals surface area (Å²) in [6.07, 6.45) is 2.47. The molecule has 0 aromatic carbocycles. The predicted octanol–water partition coefficient (Wildman–Crippen LogP) is 1.90. The van der Waals surface area contributed by atoms with Gasteiger partial charge in [-0.1, -0.05) is 20.3 Å². The molecule has 0 N–H and O–H groups in total. The first-order chi connectivity index (χ1) is 5.61. The summed E-state index contributed by atoms with van der Waals surface area (Å²) in [7, 11) is 0. The molecule has 0 spiro atoms. The average molecular weight is 172 g/mol. The van der Waals surface area contributed by atoms with E-state index in [0.717, 1.165) is 19.3 Å². The van der Waals surface area contributed by atoms with Crippen LogP contribution in [0, 0.1) is 5.92 Å². The Kier molecular flexibility index (Phi) is 5.34. The smallest absolute Gasteiger partial charge is 0.316 e. The van der Waals surface area contributed by atoms with Gasteiger partial charge in [-0.05, 0) is 12.8 Å². The summed E-state index contributed by atoms with van der Waals surface area (Å²) in [4.78, 5) is 21.6. The maximum absolute atomic E-state index is 11.1. The highest BCUT2D eigenvalue weighted by Gasteiger charge is 2.18. The van der Waals surface area contributed by atoms with E-state index in [9.17, 15) is 9.59 Å². The van der Waals surface area contributed by atoms with Gasteiger partial charge in [0, 0.05) is 6.92 Å². The van der Waals surface area contributed by atoms with Crippen molar-refractivity contribution in [2.45, 2.75) is 40.0 Å². The third-order valence-electron chi connectivity index (χ3n) is 1.71. The van der Waals surface area contributed by atoms with Crippen LogP contribution < -0.4 is 0 Å². The number of hydrogen-bond donors (Lipinski definition) is 0. The molecule has 0 aliphatic rings. The lowest BCUT2D eigenvalue weighted by Gasteiger charge is -2.10. The number of rotatable bonds is 4. The molecule has 0 aromatic heterocycles. The predicted molar refractivity (Wildman–Crippen MR) is 45.5 cm³/mol. The van der Waals surface area contributed by atoms with E-state index in [4.69, 9.17) is 0 Å². The quantitative estimate of drug-likeness (QED) is 0.480. The maximum Gasteiger partial charge on any atom is 0.316 e. The van der Waals surface area contributed by atoms with Crippen molar-refractivity contribution in [2.75, 3.05) is 0 Å². The fourth-order valence-corrected chi connectivity index (χ4v) is 1.06. The van der Waals surface area contributed by atoms with Crippen LogP contribution in [0.4, 0.5) is 0 Å². The lowest BCUT2D eigenvalue weighted by atomic mass is 10.0. The van der Waals surface area contributed by atoms with Crippen LogP contribution in [0.5, 0.6) is 0 Å². The minimum absolute atomic E-state index is 0.112. The normalized spacial score (nSPS) is 12.2. The van der Waals surface area contributed by atoms with Crippen LogP contribution in [-0.2, 0) is 14.3 Å². The maximum atomic E-state index is 11.1. The molecule has 0 bridgehead atoms. The van der Waals surface area contributed by atoms with Crippen molar-refractivity contribution in [3.8, 4) is 0 Å². The van der Waals surface area contributed by atoms with Gasteiger partial charge in [0.15, 0.2) is 0 Å². The highest BCUT2D eigenvalue weighted by atomic mass is 16.6. The number of carbonyl (C=O) groups excluding carboxylic acids is 2. The molecule has 0 aliphatic carbocycles. The molecule has 0 radical (unpaired) electrons. The zero-order chi connectivity index (χ0) is 9.56. The molecule has 3 nitrogen and oxygen atoms in total. The Morgan fingerprint density at radius 3 is 2.25 bits per heavy atom. The Morgan fingerprint density at radius 2 is 1.92 bits per heavy atom. The first kappa shape index (κ1) is 11.1. The fourth-order valence-electron chi connectivity index (χ4n) is 1.06. The van der Waals surface area contributed by atoms with Gasteiger partial charge in [0.1, 0.15) is 0 Å².